The van der Waals surface area contributed by atoms with E-state index in [2.05, 4.69) is 15.6 Å². The van der Waals surface area contributed by atoms with Crippen molar-refractivity contribution in [3.63, 3.8) is 0 Å². The average Bonchev–Trinajstić information content (AvgIpc) is 3.16. The van der Waals surface area contributed by atoms with Crippen LogP contribution in [0, 0.1) is 0 Å². The first-order valence-electron chi connectivity index (χ1n) is 10.5. The number of nitrogens with one attached hydrogen (secondary N) is 1. The third-order valence-electron chi connectivity index (χ3n) is 5.97. The molecule has 2 atom stereocenters. The van der Waals surface area contributed by atoms with E-state index in [1.54, 1.807) is 23.2 Å². The summed E-state index contributed by atoms with van der Waals surface area (Å²) in [6.45, 7) is 6.65. The lowest BCUT2D eigenvalue weighted by Crippen LogP contribution is -2.45. The Labute approximate surface area is 180 Å². The number of amides is 2. The molecule has 1 saturated heterocycles. The molecule has 7 nitrogen and oxygen atoms in total. The van der Waals surface area contributed by atoms with Gasteiger partial charge >= 0.3 is 6.09 Å². The summed E-state index contributed by atoms with van der Waals surface area (Å²) in [5.74, 6) is -0.0391. The van der Waals surface area contributed by atoms with Gasteiger partial charge in [0.2, 0.25) is 5.91 Å². The second-order valence-corrected chi connectivity index (χ2v) is 9.16. The highest BCUT2D eigenvalue weighted by atomic mass is 32.1. The molecule has 0 saturated carbocycles. The van der Waals surface area contributed by atoms with Crippen molar-refractivity contribution < 1.29 is 14.7 Å². The highest BCUT2D eigenvalue weighted by Gasteiger charge is 2.33. The number of carbonyl (C=O) groups excluding carboxylic acids is 1. The summed E-state index contributed by atoms with van der Waals surface area (Å²) in [4.78, 5) is 32.6. The first-order valence-corrected chi connectivity index (χ1v) is 11.4. The summed E-state index contributed by atoms with van der Waals surface area (Å²) < 4.78 is 0. The van der Waals surface area contributed by atoms with Crippen LogP contribution in [0.2, 0.25) is 0 Å². The Morgan fingerprint density at radius 3 is 2.73 bits per heavy atom. The summed E-state index contributed by atoms with van der Waals surface area (Å²) in [6.07, 6.45) is 3.31. The lowest BCUT2D eigenvalue weighted by atomic mass is 9.90. The molecule has 160 valence electrons. The van der Waals surface area contributed by atoms with E-state index in [9.17, 15) is 14.7 Å². The van der Waals surface area contributed by atoms with Gasteiger partial charge in [-0.1, -0.05) is 12.5 Å². The maximum absolute atomic E-state index is 12.2. The number of thiazole rings is 1. The highest BCUT2D eigenvalue weighted by molar-refractivity contribution is 7.09. The number of rotatable bonds is 4. The molecule has 1 aromatic heterocycles. The molecule has 0 unspecified atom stereocenters. The van der Waals surface area contributed by atoms with E-state index in [1.807, 2.05) is 25.1 Å². The van der Waals surface area contributed by atoms with Gasteiger partial charge in [0, 0.05) is 29.6 Å². The van der Waals surface area contributed by atoms with Crippen LogP contribution in [0.4, 0.5) is 10.5 Å². The molecule has 0 aliphatic carbocycles. The normalized spacial score (nSPS) is 21.9. The second kappa shape index (κ2) is 8.73. The fraction of sp³-hybridized carbons (Fsp3) is 0.500. The molecule has 1 fully saturated rings. The molecule has 8 heteroatoms. The van der Waals surface area contributed by atoms with Crippen molar-refractivity contribution in [2.24, 2.45) is 0 Å². The monoisotopic (exact) mass is 428 g/mol. The van der Waals surface area contributed by atoms with Gasteiger partial charge in [-0.15, -0.1) is 11.3 Å². The molecule has 3 heterocycles. The van der Waals surface area contributed by atoms with E-state index in [-0.39, 0.29) is 18.0 Å². The SMILES string of the molecule is CC(=O)N1c2ccc(-c3csc(CN4CCCCC4)n3)cc2[C@H](NC(=O)O)C[C@@H]1C. The van der Waals surface area contributed by atoms with Crippen LogP contribution in [0.15, 0.2) is 23.6 Å². The van der Waals surface area contributed by atoms with Gasteiger partial charge in [0.05, 0.1) is 18.3 Å². The number of aromatic nitrogens is 1. The largest absolute Gasteiger partial charge is 0.465 e. The minimum Gasteiger partial charge on any atom is -0.465 e. The van der Waals surface area contributed by atoms with Crippen molar-refractivity contribution in [2.45, 2.75) is 58.2 Å². The van der Waals surface area contributed by atoms with Crippen molar-refractivity contribution in [3.05, 3.63) is 34.2 Å². The van der Waals surface area contributed by atoms with Gasteiger partial charge in [-0.2, -0.15) is 0 Å². The third kappa shape index (κ3) is 4.34. The molecule has 0 radical (unpaired) electrons. The Morgan fingerprint density at radius 2 is 2.03 bits per heavy atom. The van der Waals surface area contributed by atoms with E-state index in [1.165, 1.54) is 19.3 Å². The van der Waals surface area contributed by atoms with Crippen LogP contribution in [-0.4, -0.2) is 46.1 Å². The summed E-state index contributed by atoms with van der Waals surface area (Å²) in [7, 11) is 0. The third-order valence-corrected chi connectivity index (χ3v) is 6.81. The number of hydrogen-bond acceptors (Lipinski definition) is 5. The van der Waals surface area contributed by atoms with Gasteiger partial charge in [0.15, 0.2) is 0 Å². The second-order valence-electron chi connectivity index (χ2n) is 8.21. The van der Waals surface area contributed by atoms with Gasteiger partial charge in [0.25, 0.3) is 0 Å². The molecular weight excluding hydrogens is 400 g/mol. The zero-order valence-electron chi connectivity index (χ0n) is 17.4. The zero-order valence-corrected chi connectivity index (χ0v) is 18.2. The van der Waals surface area contributed by atoms with Gasteiger partial charge < -0.3 is 15.3 Å². The van der Waals surface area contributed by atoms with Crippen LogP contribution in [0.3, 0.4) is 0 Å². The van der Waals surface area contributed by atoms with E-state index >= 15 is 0 Å². The van der Waals surface area contributed by atoms with Crippen LogP contribution in [-0.2, 0) is 11.3 Å². The number of likely N-dealkylation sites (tertiary alicyclic amines) is 1. The molecular formula is C22H28N4O3S. The van der Waals surface area contributed by atoms with E-state index in [4.69, 9.17) is 4.98 Å². The Balaban J connectivity index is 1.63. The Hall–Kier alpha value is -2.45. The minimum atomic E-state index is -1.06. The molecule has 30 heavy (non-hydrogen) atoms. The van der Waals surface area contributed by atoms with Crippen molar-refractivity contribution in [2.75, 3.05) is 18.0 Å². The standard InChI is InChI=1S/C22H28N4O3S/c1-14-10-18(24-22(28)29)17-11-16(6-7-20(17)26(14)15(2)27)19-13-30-21(23-19)12-25-8-4-3-5-9-25/h6-7,11,13-14,18,24H,3-5,8-10,12H2,1-2H3,(H,28,29)/t14-,18+/m0/s1. The summed E-state index contributed by atoms with van der Waals surface area (Å²) in [6, 6.07) is 5.45. The van der Waals surface area contributed by atoms with Gasteiger partial charge in [-0.3, -0.25) is 9.69 Å². The van der Waals surface area contributed by atoms with Crippen LogP contribution in [0.25, 0.3) is 11.3 Å². The molecule has 2 aliphatic rings. The Kier molecular flexibility index (Phi) is 6.06. The lowest BCUT2D eigenvalue weighted by Gasteiger charge is -2.39. The number of anilines is 1. The van der Waals surface area contributed by atoms with Crippen LogP contribution in [0.5, 0.6) is 0 Å². The Bertz CT molecular complexity index is 938. The molecule has 0 spiro atoms. The first kappa shape index (κ1) is 20.8. The van der Waals surface area contributed by atoms with Crippen LogP contribution >= 0.6 is 11.3 Å². The minimum absolute atomic E-state index is 0.0391. The fourth-order valence-corrected chi connectivity index (χ4v) is 5.46. The smallest absolute Gasteiger partial charge is 0.405 e. The molecule has 0 bridgehead atoms. The van der Waals surface area contributed by atoms with Crippen molar-refractivity contribution in [1.29, 1.82) is 0 Å². The average molecular weight is 429 g/mol. The molecule has 2 aromatic rings. The number of carbonyl (C=O) groups is 2. The van der Waals surface area contributed by atoms with Crippen molar-refractivity contribution >= 4 is 29.0 Å². The van der Waals surface area contributed by atoms with E-state index < -0.39 is 6.09 Å². The molecule has 2 aliphatic heterocycles. The number of fused-ring (bicyclic) bond motifs is 1. The highest BCUT2D eigenvalue weighted by Crippen LogP contribution is 2.39. The number of hydrogen-bond donors (Lipinski definition) is 2. The zero-order chi connectivity index (χ0) is 21.3. The van der Waals surface area contributed by atoms with Crippen molar-refractivity contribution in [1.82, 2.24) is 15.2 Å². The van der Waals surface area contributed by atoms with Gasteiger partial charge in [0.1, 0.15) is 5.01 Å². The number of nitrogens with zero attached hydrogens (tertiary/aromatic N) is 3. The molecule has 1 aromatic carbocycles. The van der Waals surface area contributed by atoms with Crippen molar-refractivity contribution in [3.8, 4) is 11.3 Å². The molecule has 4 rings (SSSR count). The number of benzene rings is 1. The first-order chi connectivity index (χ1) is 14.4. The lowest BCUT2D eigenvalue weighted by molar-refractivity contribution is -0.117. The van der Waals surface area contributed by atoms with Crippen LogP contribution in [0.1, 0.15) is 56.1 Å². The van der Waals surface area contributed by atoms with Gasteiger partial charge in [-0.25, -0.2) is 9.78 Å². The Morgan fingerprint density at radius 1 is 1.27 bits per heavy atom. The molecule has 2 amide bonds. The quantitative estimate of drug-likeness (QED) is 0.760. The predicted molar refractivity (Wildman–Crippen MR) is 118 cm³/mol. The predicted octanol–water partition coefficient (Wildman–Crippen LogP) is 4.25. The number of carboxylic acid groups (broad SMARTS) is 1. The van der Waals surface area contributed by atoms with Gasteiger partial charge in [-0.05, 0) is 57.0 Å². The maximum atomic E-state index is 12.2. The molecule has 2 N–H and O–H groups in total. The summed E-state index contributed by atoms with van der Waals surface area (Å²) >= 11 is 1.67. The summed E-state index contributed by atoms with van der Waals surface area (Å²) in [5, 5.41) is 15.1. The topological polar surface area (TPSA) is 85.8 Å². The van der Waals surface area contributed by atoms with Crippen LogP contribution < -0.4 is 10.2 Å². The van der Waals surface area contributed by atoms with E-state index in [0.29, 0.717) is 6.42 Å². The van der Waals surface area contributed by atoms with E-state index in [0.717, 1.165) is 47.2 Å². The maximum Gasteiger partial charge on any atom is 0.405 e. The summed E-state index contributed by atoms with van der Waals surface area (Å²) in [5.41, 5.74) is 3.45. The fourth-order valence-electron chi connectivity index (χ4n) is 4.61. The number of piperidine rings is 1.